The summed E-state index contributed by atoms with van der Waals surface area (Å²) in [5.74, 6) is 0.857. The van der Waals surface area contributed by atoms with E-state index in [1.165, 1.54) is 0 Å². The fourth-order valence-electron chi connectivity index (χ4n) is 3.35. The molecule has 0 unspecified atom stereocenters. The Bertz CT molecular complexity index is 709. The number of benzene rings is 1. The van der Waals surface area contributed by atoms with Gasteiger partial charge in [0.1, 0.15) is 12.4 Å². The second-order valence-corrected chi connectivity index (χ2v) is 7.29. The molecule has 1 aromatic rings. The average molecular weight is 377 g/mol. The van der Waals surface area contributed by atoms with Crippen LogP contribution in [-0.2, 0) is 9.59 Å². The summed E-state index contributed by atoms with van der Waals surface area (Å²) in [7, 11) is 0. The summed E-state index contributed by atoms with van der Waals surface area (Å²) in [4.78, 5) is 26.8. The van der Waals surface area contributed by atoms with Gasteiger partial charge < -0.3 is 15.0 Å². The molecule has 1 aromatic carbocycles. The van der Waals surface area contributed by atoms with Crippen molar-refractivity contribution in [1.29, 1.82) is 0 Å². The molecule has 0 bridgehead atoms. The predicted octanol–water partition coefficient (Wildman–Crippen LogP) is 3.27. The molecule has 3 rings (SSSR count). The van der Waals surface area contributed by atoms with E-state index in [-0.39, 0.29) is 24.3 Å². The van der Waals surface area contributed by atoms with Gasteiger partial charge in [0.25, 0.3) is 5.91 Å². The number of ether oxygens (including phenoxy) is 1. The number of nitrogens with one attached hydrogen (secondary N) is 1. The molecule has 1 saturated heterocycles. The van der Waals surface area contributed by atoms with Crippen molar-refractivity contribution < 1.29 is 14.3 Å². The third-order valence-electron chi connectivity index (χ3n) is 4.94. The lowest BCUT2D eigenvalue weighted by molar-refractivity contribution is -0.133. The Hall–Kier alpha value is -2.01. The lowest BCUT2D eigenvalue weighted by Crippen LogP contribution is -2.44. The van der Waals surface area contributed by atoms with E-state index in [4.69, 9.17) is 16.3 Å². The van der Waals surface area contributed by atoms with E-state index in [9.17, 15) is 9.59 Å². The van der Waals surface area contributed by atoms with Gasteiger partial charge in [-0.1, -0.05) is 24.9 Å². The van der Waals surface area contributed by atoms with Crippen molar-refractivity contribution in [2.24, 2.45) is 5.92 Å². The van der Waals surface area contributed by atoms with Crippen LogP contribution in [0.25, 0.3) is 6.08 Å². The molecule has 0 atom stereocenters. The number of hydrogen-bond acceptors (Lipinski definition) is 3. The number of likely N-dealkylation sites (tertiary alicyclic amines) is 1. The molecule has 0 saturated carbocycles. The van der Waals surface area contributed by atoms with Gasteiger partial charge in [0.2, 0.25) is 5.91 Å². The molecule has 0 spiro atoms. The van der Waals surface area contributed by atoms with Crippen molar-refractivity contribution in [2.45, 2.75) is 32.6 Å². The van der Waals surface area contributed by atoms with E-state index in [2.05, 4.69) is 12.2 Å². The van der Waals surface area contributed by atoms with Crippen LogP contribution >= 0.6 is 11.6 Å². The number of carbonyl (C=O) groups is 2. The summed E-state index contributed by atoms with van der Waals surface area (Å²) < 4.78 is 5.68. The Labute approximate surface area is 159 Å². The van der Waals surface area contributed by atoms with Crippen LogP contribution in [0.2, 0.25) is 5.02 Å². The van der Waals surface area contributed by atoms with Gasteiger partial charge in [0, 0.05) is 36.1 Å². The number of nitrogens with zero attached hydrogens (tertiary/aromatic N) is 1. The Kier molecular flexibility index (Phi) is 6.20. The highest BCUT2D eigenvalue weighted by molar-refractivity contribution is 6.30. The molecule has 2 heterocycles. The zero-order valence-corrected chi connectivity index (χ0v) is 15.8. The summed E-state index contributed by atoms with van der Waals surface area (Å²) in [5, 5.41) is 3.61. The van der Waals surface area contributed by atoms with Crippen LogP contribution in [0, 0.1) is 5.92 Å². The predicted molar refractivity (Wildman–Crippen MR) is 102 cm³/mol. The minimum absolute atomic E-state index is 0.00650. The molecule has 26 heavy (non-hydrogen) atoms. The first-order valence-corrected chi connectivity index (χ1v) is 9.66. The second kappa shape index (κ2) is 8.58. The molecule has 140 valence electrons. The first-order valence-electron chi connectivity index (χ1n) is 9.28. The standard InChI is InChI=1S/C20H25ClN2O3/c1-2-3-8-22-19(24)14-6-9-23(10-7-14)20(25)16-11-15-12-17(21)4-5-18(15)26-13-16/h4-5,11-12,14H,2-3,6-10,13H2,1H3,(H,22,24). The van der Waals surface area contributed by atoms with Gasteiger partial charge in [-0.2, -0.15) is 0 Å². The normalized spacial score (nSPS) is 17.2. The molecule has 0 aliphatic carbocycles. The smallest absolute Gasteiger partial charge is 0.253 e. The number of carbonyl (C=O) groups excluding carboxylic acids is 2. The van der Waals surface area contributed by atoms with Crippen LogP contribution in [0.15, 0.2) is 23.8 Å². The second-order valence-electron chi connectivity index (χ2n) is 6.85. The third kappa shape index (κ3) is 4.39. The Balaban J connectivity index is 1.56. The van der Waals surface area contributed by atoms with Crippen LogP contribution in [-0.4, -0.2) is 43.0 Å². The van der Waals surface area contributed by atoms with E-state index in [0.29, 0.717) is 36.5 Å². The van der Waals surface area contributed by atoms with Gasteiger partial charge in [0.05, 0.1) is 5.57 Å². The SMILES string of the molecule is CCCCNC(=O)C1CCN(C(=O)C2=Cc3cc(Cl)ccc3OC2)CC1. The molecule has 0 radical (unpaired) electrons. The van der Waals surface area contributed by atoms with Crippen molar-refractivity contribution in [3.8, 4) is 5.75 Å². The maximum absolute atomic E-state index is 12.8. The zero-order valence-electron chi connectivity index (χ0n) is 15.1. The fourth-order valence-corrected chi connectivity index (χ4v) is 3.53. The number of piperidine rings is 1. The topological polar surface area (TPSA) is 58.6 Å². The number of amides is 2. The van der Waals surface area contributed by atoms with Gasteiger partial charge in [-0.15, -0.1) is 0 Å². The third-order valence-corrected chi connectivity index (χ3v) is 5.18. The quantitative estimate of drug-likeness (QED) is 0.802. The van der Waals surface area contributed by atoms with Crippen LogP contribution in [0.3, 0.4) is 0 Å². The summed E-state index contributed by atoms with van der Waals surface area (Å²) in [6, 6.07) is 5.39. The van der Waals surface area contributed by atoms with E-state index in [1.807, 2.05) is 17.0 Å². The average Bonchev–Trinajstić information content (AvgIpc) is 2.67. The fraction of sp³-hybridized carbons (Fsp3) is 0.500. The molecule has 1 fully saturated rings. The maximum atomic E-state index is 12.8. The van der Waals surface area contributed by atoms with Crippen molar-refractivity contribution in [3.63, 3.8) is 0 Å². The molecule has 0 aromatic heterocycles. The molecule has 5 nitrogen and oxygen atoms in total. The lowest BCUT2D eigenvalue weighted by Gasteiger charge is -2.32. The molecule has 2 aliphatic rings. The van der Waals surface area contributed by atoms with Crippen molar-refractivity contribution in [3.05, 3.63) is 34.4 Å². The molecular formula is C20H25ClN2O3. The number of halogens is 1. The molecule has 1 N–H and O–H groups in total. The zero-order chi connectivity index (χ0) is 18.5. The van der Waals surface area contributed by atoms with Gasteiger partial charge in [-0.3, -0.25) is 9.59 Å². The first kappa shape index (κ1) is 18.8. The van der Waals surface area contributed by atoms with E-state index >= 15 is 0 Å². The number of rotatable bonds is 5. The highest BCUT2D eigenvalue weighted by atomic mass is 35.5. The Morgan fingerprint density at radius 1 is 1.31 bits per heavy atom. The van der Waals surface area contributed by atoms with Crippen LogP contribution < -0.4 is 10.1 Å². The minimum Gasteiger partial charge on any atom is -0.488 e. The minimum atomic E-state index is -0.0135. The first-order chi connectivity index (χ1) is 12.6. The number of fused-ring (bicyclic) bond motifs is 1. The summed E-state index contributed by atoms with van der Waals surface area (Å²) in [6.07, 6.45) is 5.35. The van der Waals surface area contributed by atoms with Crippen LogP contribution in [0.5, 0.6) is 5.75 Å². The summed E-state index contributed by atoms with van der Waals surface area (Å²) in [5.41, 5.74) is 1.46. The van der Waals surface area contributed by atoms with Gasteiger partial charge in [-0.25, -0.2) is 0 Å². The number of unbranched alkanes of at least 4 members (excludes halogenated alkanes) is 1. The maximum Gasteiger partial charge on any atom is 0.253 e. The summed E-state index contributed by atoms with van der Waals surface area (Å²) >= 11 is 6.03. The van der Waals surface area contributed by atoms with E-state index in [0.717, 1.165) is 30.7 Å². The van der Waals surface area contributed by atoms with E-state index < -0.39 is 0 Å². The number of hydrogen-bond donors (Lipinski definition) is 1. The van der Waals surface area contributed by atoms with E-state index in [1.54, 1.807) is 12.1 Å². The summed E-state index contributed by atoms with van der Waals surface area (Å²) in [6.45, 7) is 4.31. The molecule has 6 heteroatoms. The van der Waals surface area contributed by atoms with Gasteiger partial charge >= 0.3 is 0 Å². The van der Waals surface area contributed by atoms with Crippen LogP contribution in [0.4, 0.5) is 0 Å². The van der Waals surface area contributed by atoms with Gasteiger partial charge in [-0.05, 0) is 43.5 Å². The van der Waals surface area contributed by atoms with Crippen LogP contribution in [0.1, 0.15) is 38.2 Å². The molecule has 2 aliphatic heterocycles. The van der Waals surface area contributed by atoms with Gasteiger partial charge in [0.15, 0.2) is 0 Å². The van der Waals surface area contributed by atoms with Crippen molar-refractivity contribution in [1.82, 2.24) is 10.2 Å². The van der Waals surface area contributed by atoms with Crippen molar-refractivity contribution >= 4 is 29.5 Å². The Morgan fingerprint density at radius 2 is 2.08 bits per heavy atom. The van der Waals surface area contributed by atoms with Crippen molar-refractivity contribution in [2.75, 3.05) is 26.2 Å². The highest BCUT2D eigenvalue weighted by Crippen LogP contribution is 2.30. The highest BCUT2D eigenvalue weighted by Gasteiger charge is 2.29. The lowest BCUT2D eigenvalue weighted by atomic mass is 9.95. The molecular weight excluding hydrogens is 352 g/mol. The monoisotopic (exact) mass is 376 g/mol. The molecule has 2 amide bonds. The largest absolute Gasteiger partial charge is 0.488 e. The Morgan fingerprint density at radius 3 is 2.81 bits per heavy atom.